The number of nitrogens with zero attached hydrogens (tertiary/aromatic N) is 1. The number of aromatic nitrogens is 1. The van der Waals surface area contributed by atoms with E-state index in [1.165, 1.54) is 0 Å². The molecule has 18 heavy (non-hydrogen) atoms. The largest absolute Gasteiger partial charge is 0.271 e. The predicted molar refractivity (Wildman–Crippen MR) is 79.1 cm³/mol. The average molecular weight is 300 g/mol. The number of rotatable bonds is 6. The number of halogens is 1. The minimum absolute atomic E-state index is 0.208. The average Bonchev–Trinajstić information content (AvgIpc) is 2.87. The van der Waals surface area contributed by atoms with E-state index in [1.54, 1.807) is 23.1 Å². The maximum atomic E-state index is 5.95. The third-order valence-electron chi connectivity index (χ3n) is 2.39. The number of hydrogen-bond donors (Lipinski definition) is 2. The lowest BCUT2D eigenvalue weighted by Crippen LogP contribution is -2.38. The molecule has 2 rings (SSSR count). The second-order valence-corrected chi connectivity index (χ2v) is 6.27. The number of benzene rings is 1. The van der Waals surface area contributed by atoms with Crippen molar-refractivity contribution >= 4 is 34.7 Å². The van der Waals surface area contributed by atoms with Gasteiger partial charge in [0.15, 0.2) is 0 Å². The van der Waals surface area contributed by atoms with Crippen molar-refractivity contribution in [2.24, 2.45) is 5.84 Å². The first-order valence-corrected chi connectivity index (χ1v) is 7.75. The van der Waals surface area contributed by atoms with Crippen molar-refractivity contribution in [3.63, 3.8) is 0 Å². The van der Waals surface area contributed by atoms with Crippen molar-refractivity contribution in [2.75, 3.05) is 5.75 Å². The summed E-state index contributed by atoms with van der Waals surface area (Å²) in [7, 11) is 0. The SMILES string of the molecule is NNC(CSc1cccc(Cl)c1)Cc1nccs1. The second-order valence-electron chi connectivity index (χ2n) is 3.76. The lowest BCUT2D eigenvalue weighted by Gasteiger charge is -2.13. The molecule has 3 nitrogen and oxygen atoms in total. The highest BCUT2D eigenvalue weighted by atomic mass is 35.5. The van der Waals surface area contributed by atoms with Crippen LogP contribution in [0.4, 0.5) is 0 Å². The van der Waals surface area contributed by atoms with Gasteiger partial charge < -0.3 is 0 Å². The summed E-state index contributed by atoms with van der Waals surface area (Å²) in [6.07, 6.45) is 2.67. The summed E-state index contributed by atoms with van der Waals surface area (Å²) in [6, 6.07) is 8.05. The smallest absolute Gasteiger partial charge is 0.0941 e. The number of nitrogens with one attached hydrogen (secondary N) is 1. The molecule has 0 radical (unpaired) electrons. The van der Waals surface area contributed by atoms with E-state index in [0.29, 0.717) is 0 Å². The van der Waals surface area contributed by atoms with Crippen LogP contribution in [0.2, 0.25) is 5.02 Å². The van der Waals surface area contributed by atoms with Crippen LogP contribution in [0.5, 0.6) is 0 Å². The second kappa shape index (κ2) is 7.11. The zero-order chi connectivity index (χ0) is 12.8. The quantitative estimate of drug-likeness (QED) is 0.489. The molecule has 0 aliphatic rings. The molecular formula is C12H14ClN3S2. The summed E-state index contributed by atoms with van der Waals surface area (Å²) < 4.78 is 0. The molecule has 1 aromatic heterocycles. The first-order valence-electron chi connectivity index (χ1n) is 5.51. The lowest BCUT2D eigenvalue weighted by atomic mass is 10.2. The van der Waals surface area contributed by atoms with E-state index < -0.39 is 0 Å². The van der Waals surface area contributed by atoms with Crippen LogP contribution in [0, 0.1) is 0 Å². The number of nitrogens with two attached hydrogens (primary N) is 1. The van der Waals surface area contributed by atoms with Crippen LogP contribution in [0.25, 0.3) is 0 Å². The maximum absolute atomic E-state index is 5.95. The van der Waals surface area contributed by atoms with E-state index in [-0.39, 0.29) is 6.04 Å². The van der Waals surface area contributed by atoms with Crippen molar-refractivity contribution in [2.45, 2.75) is 17.4 Å². The number of hydrogen-bond acceptors (Lipinski definition) is 5. The molecule has 96 valence electrons. The van der Waals surface area contributed by atoms with E-state index in [1.807, 2.05) is 35.8 Å². The maximum Gasteiger partial charge on any atom is 0.0941 e. The van der Waals surface area contributed by atoms with E-state index in [9.17, 15) is 0 Å². The summed E-state index contributed by atoms with van der Waals surface area (Å²) in [4.78, 5) is 5.42. The number of thiazole rings is 1. The third kappa shape index (κ3) is 4.26. The molecule has 0 aliphatic heterocycles. The summed E-state index contributed by atoms with van der Waals surface area (Å²) in [5.41, 5.74) is 2.84. The molecule has 0 amide bonds. The molecule has 0 fully saturated rings. The summed E-state index contributed by atoms with van der Waals surface area (Å²) in [5.74, 6) is 6.46. The molecule has 3 N–H and O–H groups in total. The van der Waals surface area contributed by atoms with Gasteiger partial charge in [-0.25, -0.2) is 4.98 Å². The van der Waals surface area contributed by atoms with Crippen LogP contribution in [0.15, 0.2) is 40.7 Å². The molecule has 0 saturated heterocycles. The van der Waals surface area contributed by atoms with E-state index in [0.717, 1.165) is 27.1 Å². The highest BCUT2D eigenvalue weighted by Crippen LogP contribution is 2.23. The van der Waals surface area contributed by atoms with Crippen LogP contribution in [0.1, 0.15) is 5.01 Å². The van der Waals surface area contributed by atoms with Gasteiger partial charge in [-0.3, -0.25) is 11.3 Å². The van der Waals surface area contributed by atoms with Crippen LogP contribution in [-0.4, -0.2) is 16.8 Å². The van der Waals surface area contributed by atoms with Gasteiger partial charge in [-0.05, 0) is 18.2 Å². The Labute approximate surface area is 120 Å². The molecule has 0 spiro atoms. The Kier molecular flexibility index (Phi) is 5.46. The molecule has 1 atom stereocenters. The zero-order valence-electron chi connectivity index (χ0n) is 9.67. The molecule has 6 heteroatoms. The van der Waals surface area contributed by atoms with Crippen molar-refractivity contribution in [1.82, 2.24) is 10.4 Å². The fourth-order valence-electron chi connectivity index (χ4n) is 1.48. The van der Waals surface area contributed by atoms with Crippen molar-refractivity contribution < 1.29 is 0 Å². The minimum Gasteiger partial charge on any atom is -0.271 e. The summed E-state index contributed by atoms with van der Waals surface area (Å²) >= 11 is 9.34. The Bertz CT molecular complexity index is 476. The van der Waals surface area contributed by atoms with Crippen molar-refractivity contribution in [3.8, 4) is 0 Å². The van der Waals surface area contributed by atoms with Gasteiger partial charge in [-0.1, -0.05) is 17.7 Å². The Morgan fingerprint density at radius 3 is 3.06 bits per heavy atom. The summed E-state index contributed by atoms with van der Waals surface area (Å²) in [6.45, 7) is 0. The Morgan fingerprint density at radius 2 is 2.39 bits per heavy atom. The third-order valence-corrected chi connectivity index (χ3v) is 4.58. The molecule has 0 aliphatic carbocycles. The molecule has 0 bridgehead atoms. The van der Waals surface area contributed by atoms with E-state index in [2.05, 4.69) is 10.4 Å². The van der Waals surface area contributed by atoms with Gasteiger partial charge in [-0.2, -0.15) is 0 Å². The lowest BCUT2D eigenvalue weighted by molar-refractivity contribution is 0.574. The van der Waals surface area contributed by atoms with Gasteiger partial charge in [0.1, 0.15) is 0 Å². The van der Waals surface area contributed by atoms with Crippen LogP contribution >= 0.6 is 34.7 Å². The predicted octanol–water partition coefficient (Wildman–Crippen LogP) is 2.96. The molecule has 1 heterocycles. The van der Waals surface area contributed by atoms with E-state index in [4.69, 9.17) is 17.4 Å². The zero-order valence-corrected chi connectivity index (χ0v) is 12.1. The molecule has 1 unspecified atom stereocenters. The van der Waals surface area contributed by atoms with Crippen LogP contribution < -0.4 is 11.3 Å². The summed E-state index contributed by atoms with van der Waals surface area (Å²) in [5, 5.41) is 3.84. The van der Waals surface area contributed by atoms with Crippen molar-refractivity contribution in [3.05, 3.63) is 45.9 Å². The van der Waals surface area contributed by atoms with Gasteiger partial charge in [0, 0.05) is 39.7 Å². The fraction of sp³-hybridized carbons (Fsp3) is 0.250. The monoisotopic (exact) mass is 299 g/mol. The first kappa shape index (κ1) is 13.8. The van der Waals surface area contributed by atoms with Gasteiger partial charge >= 0.3 is 0 Å². The van der Waals surface area contributed by atoms with Gasteiger partial charge in [-0.15, -0.1) is 23.1 Å². The molecule has 2 aromatic rings. The normalized spacial score (nSPS) is 12.6. The fourth-order valence-corrected chi connectivity index (χ4v) is 3.43. The molecular weight excluding hydrogens is 286 g/mol. The van der Waals surface area contributed by atoms with Crippen LogP contribution in [-0.2, 0) is 6.42 Å². The highest BCUT2D eigenvalue weighted by Gasteiger charge is 2.10. The molecule has 1 aromatic carbocycles. The number of hydrazine groups is 1. The Hall–Kier alpha value is -0.590. The van der Waals surface area contributed by atoms with Crippen LogP contribution in [0.3, 0.4) is 0 Å². The Morgan fingerprint density at radius 1 is 1.50 bits per heavy atom. The highest BCUT2D eigenvalue weighted by molar-refractivity contribution is 7.99. The minimum atomic E-state index is 0.208. The van der Waals surface area contributed by atoms with Gasteiger partial charge in [0.05, 0.1) is 5.01 Å². The molecule has 0 saturated carbocycles. The van der Waals surface area contributed by atoms with E-state index >= 15 is 0 Å². The topological polar surface area (TPSA) is 50.9 Å². The van der Waals surface area contributed by atoms with Crippen molar-refractivity contribution in [1.29, 1.82) is 0 Å². The van der Waals surface area contributed by atoms with Gasteiger partial charge in [0.2, 0.25) is 0 Å². The Balaban J connectivity index is 1.87. The first-order chi connectivity index (χ1) is 8.78. The van der Waals surface area contributed by atoms with Gasteiger partial charge in [0.25, 0.3) is 0 Å². The standard InChI is InChI=1S/C12H14ClN3S2/c13-9-2-1-3-11(6-9)18-8-10(16-14)7-12-15-4-5-17-12/h1-6,10,16H,7-8,14H2. The number of thioether (sulfide) groups is 1.